The number of nitrogens with zero attached hydrogens (tertiary/aromatic N) is 2. The van der Waals surface area contributed by atoms with Gasteiger partial charge in [0.05, 0.1) is 11.8 Å². The number of carbonyl (C=O) groups is 3. The highest BCUT2D eigenvalue weighted by atomic mass is 35.5. The Bertz CT molecular complexity index is 927. The van der Waals surface area contributed by atoms with Crippen molar-refractivity contribution in [1.29, 1.82) is 0 Å². The van der Waals surface area contributed by atoms with Crippen molar-refractivity contribution < 1.29 is 27.6 Å². The summed E-state index contributed by atoms with van der Waals surface area (Å²) in [6.45, 7) is -0.780. The minimum Gasteiger partial charge on any atom is -0.286 e. The van der Waals surface area contributed by atoms with Crippen LogP contribution in [0, 0.1) is 35.5 Å². The van der Waals surface area contributed by atoms with Gasteiger partial charge in [0.2, 0.25) is 11.8 Å². The maximum atomic E-state index is 13.2. The zero-order valence-corrected chi connectivity index (χ0v) is 15.7. The number of rotatable bonds is 3. The third kappa shape index (κ3) is 2.72. The summed E-state index contributed by atoms with van der Waals surface area (Å²) in [5.41, 5.74) is -0.126. The molecule has 9 heteroatoms. The van der Waals surface area contributed by atoms with E-state index in [0.29, 0.717) is 16.7 Å². The fourth-order valence-corrected chi connectivity index (χ4v) is 5.54. The highest BCUT2D eigenvalue weighted by Gasteiger charge is 2.67. The molecule has 0 spiro atoms. The van der Waals surface area contributed by atoms with Gasteiger partial charge in [-0.2, -0.15) is 13.2 Å². The summed E-state index contributed by atoms with van der Waals surface area (Å²) in [6, 6.07) is 5.34. The number of alkyl halides is 3. The summed E-state index contributed by atoms with van der Waals surface area (Å²) in [5, 5.41) is 0.137. The first kappa shape index (κ1) is 18.7. The Morgan fingerprint density at radius 2 is 1.69 bits per heavy atom. The number of allylic oxidation sites excluding steroid dienone is 2. The van der Waals surface area contributed by atoms with Crippen molar-refractivity contribution in [1.82, 2.24) is 4.90 Å². The number of amides is 3. The maximum Gasteiger partial charge on any atom is 0.471 e. The second-order valence-electron chi connectivity index (χ2n) is 8.11. The zero-order valence-electron chi connectivity index (χ0n) is 15.0. The van der Waals surface area contributed by atoms with Crippen molar-refractivity contribution in [2.24, 2.45) is 35.5 Å². The Kier molecular flexibility index (Phi) is 3.91. The second-order valence-corrected chi connectivity index (χ2v) is 8.55. The van der Waals surface area contributed by atoms with Gasteiger partial charge in [-0.25, -0.2) is 0 Å². The van der Waals surface area contributed by atoms with Gasteiger partial charge < -0.3 is 0 Å². The van der Waals surface area contributed by atoms with Crippen LogP contribution in [0.1, 0.15) is 6.42 Å². The lowest BCUT2D eigenvalue weighted by atomic mass is 9.63. The van der Waals surface area contributed by atoms with E-state index in [4.69, 9.17) is 11.6 Å². The first-order chi connectivity index (χ1) is 13.7. The molecule has 1 heterocycles. The van der Waals surface area contributed by atoms with Crippen molar-refractivity contribution in [2.75, 3.05) is 11.6 Å². The van der Waals surface area contributed by atoms with Crippen molar-refractivity contribution in [2.45, 2.75) is 12.6 Å². The van der Waals surface area contributed by atoms with Crippen LogP contribution in [0.5, 0.6) is 0 Å². The van der Waals surface area contributed by atoms with Crippen molar-refractivity contribution >= 4 is 35.0 Å². The van der Waals surface area contributed by atoms with E-state index in [1.807, 2.05) is 12.2 Å². The van der Waals surface area contributed by atoms with Gasteiger partial charge in [0.15, 0.2) is 0 Å². The lowest BCUT2D eigenvalue weighted by Gasteiger charge is -2.37. The van der Waals surface area contributed by atoms with Crippen LogP contribution in [-0.4, -0.2) is 35.5 Å². The second kappa shape index (κ2) is 6.08. The molecule has 1 aliphatic heterocycles. The van der Waals surface area contributed by atoms with Crippen LogP contribution < -0.4 is 4.90 Å². The van der Waals surface area contributed by atoms with Crippen molar-refractivity contribution in [3.8, 4) is 0 Å². The summed E-state index contributed by atoms with van der Waals surface area (Å²) in [7, 11) is 0. The Balaban J connectivity index is 1.47. The summed E-state index contributed by atoms with van der Waals surface area (Å²) in [4.78, 5) is 39.4. The minimum absolute atomic E-state index is 0.0469. The Hall–Kier alpha value is -2.35. The molecule has 0 radical (unpaired) electrons. The third-order valence-corrected chi connectivity index (χ3v) is 6.88. The van der Waals surface area contributed by atoms with E-state index in [1.54, 1.807) is 0 Å². The van der Waals surface area contributed by atoms with Crippen LogP contribution in [0.2, 0.25) is 5.02 Å². The van der Waals surface area contributed by atoms with E-state index in [0.717, 1.165) is 11.3 Å². The molecule has 5 nitrogen and oxygen atoms in total. The largest absolute Gasteiger partial charge is 0.471 e. The van der Waals surface area contributed by atoms with Gasteiger partial charge >= 0.3 is 12.1 Å². The quantitative estimate of drug-likeness (QED) is 0.553. The SMILES string of the molecule is O=C1[C@@H]2[C@H]3C=C[C@@H]([C@@H]4C[C@H]34)[C@H]2C(=O)N1CN(C(=O)C(F)(F)F)c1cccc(Cl)c1. The summed E-state index contributed by atoms with van der Waals surface area (Å²) >= 11 is 5.87. The number of hydrogen-bond donors (Lipinski definition) is 0. The molecule has 2 bridgehead atoms. The van der Waals surface area contributed by atoms with E-state index >= 15 is 0 Å². The summed E-state index contributed by atoms with van der Waals surface area (Å²) in [6.07, 6.45) is -0.227. The molecular formula is C20H16ClF3N2O3. The van der Waals surface area contributed by atoms with Crippen molar-refractivity contribution in [3.05, 3.63) is 41.4 Å². The molecule has 3 amide bonds. The first-order valence-electron chi connectivity index (χ1n) is 9.36. The minimum atomic E-state index is -5.16. The Labute approximate surface area is 169 Å². The highest BCUT2D eigenvalue weighted by Crippen LogP contribution is 2.65. The van der Waals surface area contributed by atoms with E-state index < -0.39 is 42.4 Å². The van der Waals surface area contributed by atoms with Gasteiger partial charge in [0, 0.05) is 10.7 Å². The molecule has 1 aromatic carbocycles. The molecule has 6 rings (SSSR count). The van der Waals surface area contributed by atoms with Crippen LogP contribution in [0.25, 0.3) is 0 Å². The van der Waals surface area contributed by atoms with Gasteiger partial charge in [-0.1, -0.05) is 29.8 Å². The number of anilines is 1. The lowest BCUT2D eigenvalue weighted by Crippen LogP contribution is -2.49. The fraction of sp³-hybridized carbons (Fsp3) is 0.450. The molecular weight excluding hydrogens is 409 g/mol. The van der Waals surface area contributed by atoms with Gasteiger partial charge in [-0.15, -0.1) is 0 Å². The molecule has 2 saturated carbocycles. The normalized spacial score (nSPS) is 34.3. The van der Waals surface area contributed by atoms with Gasteiger partial charge in [-0.3, -0.25) is 24.2 Å². The molecule has 0 unspecified atom stereocenters. The van der Waals surface area contributed by atoms with Gasteiger partial charge in [-0.05, 0) is 48.3 Å². The van der Waals surface area contributed by atoms with Crippen LogP contribution in [0.4, 0.5) is 18.9 Å². The highest BCUT2D eigenvalue weighted by molar-refractivity contribution is 6.31. The molecule has 29 heavy (non-hydrogen) atoms. The molecule has 3 fully saturated rings. The third-order valence-electron chi connectivity index (χ3n) is 6.64. The number of halogens is 4. The molecule has 4 aliphatic carbocycles. The molecule has 5 aliphatic rings. The van der Waals surface area contributed by atoms with Gasteiger partial charge in [0.1, 0.15) is 6.67 Å². The summed E-state index contributed by atoms with van der Waals surface area (Å²) in [5.74, 6) is -3.55. The molecule has 6 atom stereocenters. The van der Waals surface area contributed by atoms with Crippen LogP contribution in [0.15, 0.2) is 36.4 Å². The number of likely N-dealkylation sites (tertiary alicyclic amines) is 1. The maximum absolute atomic E-state index is 13.2. The lowest BCUT2D eigenvalue weighted by molar-refractivity contribution is -0.171. The van der Waals surface area contributed by atoms with E-state index in [-0.39, 0.29) is 22.5 Å². The Morgan fingerprint density at radius 3 is 2.21 bits per heavy atom. The number of imide groups is 1. The molecule has 1 aromatic rings. The topological polar surface area (TPSA) is 57.7 Å². The first-order valence-corrected chi connectivity index (χ1v) is 9.74. The average molecular weight is 425 g/mol. The van der Waals surface area contributed by atoms with Gasteiger partial charge in [0.25, 0.3) is 0 Å². The number of benzene rings is 1. The number of carbonyl (C=O) groups excluding carboxylic acids is 3. The average Bonchev–Trinajstić information content (AvgIpc) is 3.44. The standard InChI is InChI=1S/C20H16ClF3N2O3/c21-9-2-1-3-10(6-9)25(19(29)20(22,23)24)8-26-17(27)15-11-4-5-12(14-7-13(11)14)16(15)18(26)28/h1-6,11-16H,7-8H2/t11-,12-,13-,14+,15+,16+/m0/s1. The fourth-order valence-electron chi connectivity index (χ4n) is 5.36. The Morgan fingerprint density at radius 1 is 1.10 bits per heavy atom. The van der Waals surface area contributed by atoms with Crippen LogP contribution in [-0.2, 0) is 14.4 Å². The monoisotopic (exact) mass is 424 g/mol. The smallest absolute Gasteiger partial charge is 0.286 e. The van der Waals surface area contributed by atoms with E-state index in [2.05, 4.69) is 0 Å². The van der Waals surface area contributed by atoms with E-state index in [9.17, 15) is 27.6 Å². The zero-order chi connectivity index (χ0) is 20.7. The molecule has 0 N–H and O–H groups in total. The molecule has 1 saturated heterocycles. The molecule has 152 valence electrons. The van der Waals surface area contributed by atoms with Crippen LogP contribution in [0.3, 0.4) is 0 Å². The molecule has 0 aromatic heterocycles. The van der Waals surface area contributed by atoms with Crippen LogP contribution >= 0.6 is 11.6 Å². The van der Waals surface area contributed by atoms with Crippen molar-refractivity contribution in [3.63, 3.8) is 0 Å². The predicted octanol–water partition coefficient (Wildman–Crippen LogP) is 3.25. The predicted molar refractivity (Wildman–Crippen MR) is 96.4 cm³/mol. The van der Waals surface area contributed by atoms with E-state index in [1.165, 1.54) is 24.3 Å². The summed E-state index contributed by atoms with van der Waals surface area (Å²) < 4.78 is 39.7. The number of hydrogen-bond acceptors (Lipinski definition) is 3.